The Labute approximate surface area is 194 Å². The van der Waals surface area contributed by atoms with Crippen LogP contribution in [0.25, 0.3) is 0 Å². The summed E-state index contributed by atoms with van der Waals surface area (Å²) in [6.07, 6.45) is 8.06. The van der Waals surface area contributed by atoms with Gasteiger partial charge < -0.3 is 10.6 Å². The summed E-state index contributed by atoms with van der Waals surface area (Å²) in [7, 11) is -1.97. The van der Waals surface area contributed by atoms with Gasteiger partial charge in [-0.2, -0.15) is 4.31 Å². The molecule has 10 heteroatoms. The molecule has 0 atom stereocenters. The van der Waals surface area contributed by atoms with Gasteiger partial charge in [-0.3, -0.25) is 14.5 Å². The van der Waals surface area contributed by atoms with Crippen molar-refractivity contribution in [1.29, 1.82) is 0 Å². The van der Waals surface area contributed by atoms with Gasteiger partial charge in [0.15, 0.2) is 0 Å². The molecule has 180 valence electrons. The number of amides is 4. The van der Waals surface area contributed by atoms with Crippen LogP contribution in [-0.2, 0) is 19.6 Å². The molecule has 2 N–H and O–H groups in total. The van der Waals surface area contributed by atoms with Gasteiger partial charge in [0.25, 0.3) is 5.91 Å². The van der Waals surface area contributed by atoms with Gasteiger partial charge in [0.1, 0.15) is 5.54 Å². The van der Waals surface area contributed by atoms with Crippen molar-refractivity contribution in [3.63, 3.8) is 0 Å². The molecule has 0 aromatic heterocycles. The minimum atomic E-state index is -3.60. The third-order valence-corrected chi connectivity index (χ3v) is 9.09. The molecule has 0 radical (unpaired) electrons. The van der Waals surface area contributed by atoms with E-state index in [2.05, 4.69) is 10.6 Å². The monoisotopic (exact) mass is 476 g/mol. The Hall–Kier alpha value is -2.46. The summed E-state index contributed by atoms with van der Waals surface area (Å²) in [5.74, 6) is -0.590. The Morgan fingerprint density at radius 1 is 1.09 bits per heavy atom. The summed E-state index contributed by atoms with van der Waals surface area (Å²) in [5.41, 5.74) is -0.316. The molecule has 3 fully saturated rings. The Kier molecular flexibility index (Phi) is 6.76. The average molecular weight is 477 g/mol. The molecule has 0 unspecified atom stereocenters. The van der Waals surface area contributed by atoms with Crippen LogP contribution in [0, 0.1) is 0 Å². The molecule has 33 heavy (non-hydrogen) atoms. The number of hydrogen-bond acceptors (Lipinski definition) is 5. The van der Waals surface area contributed by atoms with Gasteiger partial charge in [-0.15, -0.1) is 0 Å². The molecule has 3 aliphatic rings. The van der Waals surface area contributed by atoms with Gasteiger partial charge in [0.2, 0.25) is 15.9 Å². The largest absolute Gasteiger partial charge is 0.326 e. The van der Waals surface area contributed by atoms with E-state index in [0.717, 1.165) is 49.8 Å². The number of carbonyl (C=O) groups excluding carboxylic acids is 3. The number of nitrogens with one attached hydrogen (secondary N) is 2. The third kappa shape index (κ3) is 4.77. The summed E-state index contributed by atoms with van der Waals surface area (Å²) in [6, 6.07) is 5.68. The molecule has 4 amide bonds. The van der Waals surface area contributed by atoms with Crippen molar-refractivity contribution >= 4 is 33.6 Å². The highest BCUT2D eigenvalue weighted by molar-refractivity contribution is 7.89. The van der Waals surface area contributed by atoms with Crippen LogP contribution in [0.15, 0.2) is 29.2 Å². The second-order valence-electron chi connectivity index (χ2n) is 9.31. The lowest BCUT2D eigenvalue weighted by molar-refractivity contribution is -0.131. The van der Waals surface area contributed by atoms with Gasteiger partial charge in [-0.05, 0) is 49.9 Å². The number of rotatable bonds is 7. The van der Waals surface area contributed by atoms with Crippen molar-refractivity contribution < 1.29 is 22.8 Å². The van der Waals surface area contributed by atoms with E-state index in [4.69, 9.17) is 0 Å². The van der Waals surface area contributed by atoms with Crippen molar-refractivity contribution in [3.8, 4) is 0 Å². The van der Waals surface area contributed by atoms with Crippen molar-refractivity contribution in [2.75, 3.05) is 18.9 Å². The zero-order valence-electron chi connectivity index (χ0n) is 19.0. The molecule has 2 aliphatic carbocycles. The summed E-state index contributed by atoms with van der Waals surface area (Å²) >= 11 is 0. The van der Waals surface area contributed by atoms with Crippen LogP contribution in [0.5, 0.6) is 0 Å². The third-order valence-electron chi connectivity index (χ3n) is 7.17. The number of carbonyl (C=O) groups is 3. The fraction of sp³-hybridized carbons (Fsp3) is 0.609. The minimum absolute atomic E-state index is 0.0108. The van der Waals surface area contributed by atoms with Gasteiger partial charge in [-0.1, -0.05) is 32.1 Å². The summed E-state index contributed by atoms with van der Waals surface area (Å²) in [4.78, 5) is 38.6. The second-order valence-corrected chi connectivity index (χ2v) is 11.3. The van der Waals surface area contributed by atoms with Crippen LogP contribution < -0.4 is 10.6 Å². The van der Waals surface area contributed by atoms with Crippen LogP contribution >= 0.6 is 0 Å². The molecule has 1 saturated heterocycles. The summed E-state index contributed by atoms with van der Waals surface area (Å²) < 4.78 is 27.4. The van der Waals surface area contributed by atoms with Crippen LogP contribution in [0.2, 0.25) is 0 Å². The predicted octanol–water partition coefficient (Wildman–Crippen LogP) is 2.83. The van der Waals surface area contributed by atoms with Gasteiger partial charge >= 0.3 is 6.03 Å². The highest BCUT2D eigenvalue weighted by Crippen LogP contribution is 2.35. The maximum absolute atomic E-state index is 12.9. The molecule has 2 saturated carbocycles. The molecule has 1 aromatic rings. The van der Waals surface area contributed by atoms with E-state index in [1.54, 1.807) is 19.2 Å². The minimum Gasteiger partial charge on any atom is -0.326 e. The Bertz CT molecular complexity index is 1010. The Morgan fingerprint density at radius 3 is 2.36 bits per heavy atom. The molecule has 1 aromatic carbocycles. The fourth-order valence-corrected chi connectivity index (χ4v) is 6.57. The molecule has 1 spiro atoms. The van der Waals surface area contributed by atoms with E-state index >= 15 is 0 Å². The summed E-state index contributed by atoms with van der Waals surface area (Å²) in [6.45, 7) is 0.0108. The lowest BCUT2D eigenvalue weighted by atomic mass is 9.96. The smallest absolute Gasteiger partial charge is 0.325 e. The molecular weight excluding hydrogens is 444 g/mol. The number of imide groups is 1. The average Bonchev–Trinajstić information content (AvgIpc) is 3.37. The topological polar surface area (TPSA) is 116 Å². The van der Waals surface area contributed by atoms with E-state index < -0.39 is 21.6 Å². The SMILES string of the molecule is CN(C1CCCCC1)S(=O)(=O)c1ccc(NC(=O)CCN2C(=O)NC3(CCCC3)C2=O)cc1. The number of nitrogens with zero attached hydrogens (tertiary/aromatic N) is 2. The molecule has 1 aliphatic heterocycles. The molecule has 9 nitrogen and oxygen atoms in total. The van der Waals surface area contributed by atoms with Crippen LogP contribution in [0.4, 0.5) is 10.5 Å². The van der Waals surface area contributed by atoms with E-state index in [-0.39, 0.29) is 35.7 Å². The van der Waals surface area contributed by atoms with E-state index in [9.17, 15) is 22.8 Å². The number of hydrogen-bond donors (Lipinski definition) is 2. The number of anilines is 1. The summed E-state index contributed by atoms with van der Waals surface area (Å²) in [5, 5.41) is 5.51. The van der Waals surface area contributed by atoms with Gasteiger partial charge in [0, 0.05) is 31.7 Å². The first-order valence-electron chi connectivity index (χ1n) is 11.7. The van der Waals surface area contributed by atoms with Crippen molar-refractivity contribution in [2.45, 2.75) is 80.7 Å². The van der Waals surface area contributed by atoms with Crippen molar-refractivity contribution in [2.24, 2.45) is 0 Å². The quantitative estimate of drug-likeness (QED) is 0.587. The Morgan fingerprint density at radius 2 is 1.73 bits per heavy atom. The van der Waals surface area contributed by atoms with Crippen molar-refractivity contribution in [3.05, 3.63) is 24.3 Å². The molecule has 1 heterocycles. The molecule has 0 bridgehead atoms. The highest BCUT2D eigenvalue weighted by Gasteiger charge is 2.52. The van der Waals surface area contributed by atoms with Gasteiger partial charge in [-0.25, -0.2) is 13.2 Å². The normalized spacial score (nSPS) is 21.1. The fourth-order valence-electron chi connectivity index (χ4n) is 5.15. The number of urea groups is 1. The van der Waals surface area contributed by atoms with Crippen LogP contribution in [0.3, 0.4) is 0 Å². The first-order chi connectivity index (χ1) is 15.7. The molecule has 4 rings (SSSR count). The molecular formula is C23H32N4O5S. The second kappa shape index (κ2) is 9.42. The number of sulfonamides is 1. The first kappa shape index (κ1) is 23.7. The van der Waals surface area contributed by atoms with E-state index in [1.165, 1.54) is 16.4 Å². The zero-order valence-corrected chi connectivity index (χ0v) is 19.8. The Balaban J connectivity index is 1.32. The van der Waals surface area contributed by atoms with E-state index in [1.807, 2.05) is 0 Å². The lowest BCUT2D eigenvalue weighted by Crippen LogP contribution is -2.44. The van der Waals surface area contributed by atoms with Crippen LogP contribution in [0.1, 0.15) is 64.2 Å². The zero-order chi connectivity index (χ0) is 23.6. The van der Waals surface area contributed by atoms with Gasteiger partial charge in [0.05, 0.1) is 4.90 Å². The maximum atomic E-state index is 12.9. The predicted molar refractivity (Wildman–Crippen MR) is 123 cm³/mol. The standard InChI is InChI=1S/C23H32N4O5S/c1-26(18-7-3-2-4-8-18)33(31,32)19-11-9-17(10-12-19)24-20(28)13-16-27-21(29)23(25-22(27)30)14-5-6-15-23/h9-12,18H,2-8,13-16H2,1H3,(H,24,28)(H,25,30). The lowest BCUT2D eigenvalue weighted by Gasteiger charge is -2.30. The van der Waals surface area contributed by atoms with E-state index in [0.29, 0.717) is 18.5 Å². The number of benzene rings is 1. The highest BCUT2D eigenvalue weighted by atomic mass is 32.2. The maximum Gasteiger partial charge on any atom is 0.325 e. The van der Waals surface area contributed by atoms with Crippen LogP contribution in [-0.4, -0.2) is 60.6 Å². The first-order valence-corrected chi connectivity index (χ1v) is 13.2. The van der Waals surface area contributed by atoms with Crippen molar-refractivity contribution in [1.82, 2.24) is 14.5 Å².